The summed E-state index contributed by atoms with van der Waals surface area (Å²) in [5.74, 6) is 2.30. The van der Waals surface area contributed by atoms with Crippen molar-refractivity contribution in [2.24, 2.45) is 0 Å². The summed E-state index contributed by atoms with van der Waals surface area (Å²) in [6.45, 7) is 1.83. The van der Waals surface area contributed by atoms with Crippen LogP contribution in [0.1, 0.15) is 5.56 Å². The van der Waals surface area contributed by atoms with E-state index in [-0.39, 0.29) is 0 Å². The topological polar surface area (TPSA) is 53.3 Å². The molecule has 0 saturated carbocycles. The summed E-state index contributed by atoms with van der Waals surface area (Å²) in [5, 5.41) is 0.727. The third kappa shape index (κ3) is 4.15. The van der Waals surface area contributed by atoms with Crippen LogP contribution in [0.4, 0.5) is 5.95 Å². The Morgan fingerprint density at radius 2 is 1.62 bits per heavy atom. The minimum absolute atomic E-state index is 0.510. The number of fused-ring (bicyclic) bond motifs is 1. The molecule has 4 rings (SSSR count). The second-order valence-electron chi connectivity index (χ2n) is 6.74. The predicted molar refractivity (Wildman–Crippen MR) is 116 cm³/mol. The van der Waals surface area contributed by atoms with Crippen LogP contribution < -0.4 is 19.8 Å². The number of imidazole rings is 1. The molecule has 1 aromatic heterocycles. The largest absolute Gasteiger partial charge is 0.497 e. The lowest BCUT2D eigenvalue weighted by Crippen LogP contribution is -2.37. The standard InChI is InChI=1S/C23H22ClN3O2/c1-28-19-10-12-20(13-11-19)29-15-14-26-21-4-2-3-5-22(21)27(23(26)25)16-17-6-8-18(24)9-7-17/h2-13,25H,14-16H2,1H3/p+1. The zero-order valence-electron chi connectivity index (χ0n) is 16.2. The highest BCUT2D eigenvalue weighted by molar-refractivity contribution is 6.30. The molecular weight excluding hydrogens is 386 g/mol. The van der Waals surface area contributed by atoms with Gasteiger partial charge in [0.15, 0.2) is 0 Å². The summed E-state index contributed by atoms with van der Waals surface area (Å²) in [6, 6.07) is 23.6. The molecule has 1 heterocycles. The molecule has 0 spiro atoms. The van der Waals surface area contributed by atoms with E-state index < -0.39 is 0 Å². The van der Waals surface area contributed by atoms with Crippen molar-refractivity contribution in [2.75, 3.05) is 19.5 Å². The van der Waals surface area contributed by atoms with Crippen LogP contribution in [0.15, 0.2) is 72.8 Å². The van der Waals surface area contributed by atoms with Gasteiger partial charge < -0.3 is 9.47 Å². The van der Waals surface area contributed by atoms with E-state index in [1.165, 1.54) is 0 Å². The molecule has 2 N–H and O–H groups in total. The fraction of sp³-hybridized carbons (Fsp3) is 0.174. The Bertz CT molecular complexity index is 1110. The summed E-state index contributed by atoms with van der Waals surface area (Å²) < 4.78 is 15.3. The Kier molecular flexibility index (Phi) is 5.58. The molecule has 0 aliphatic heterocycles. The highest BCUT2D eigenvalue weighted by Crippen LogP contribution is 2.19. The number of rotatable bonds is 7. The van der Waals surface area contributed by atoms with E-state index in [9.17, 15) is 0 Å². The van der Waals surface area contributed by atoms with Crippen molar-refractivity contribution in [1.29, 1.82) is 0 Å². The quantitative estimate of drug-likeness (QED) is 0.464. The van der Waals surface area contributed by atoms with Gasteiger partial charge in [-0.05, 0) is 54.1 Å². The van der Waals surface area contributed by atoms with Crippen LogP contribution >= 0.6 is 11.6 Å². The molecule has 0 atom stereocenters. The molecule has 0 aliphatic rings. The number of halogens is 1. The number of ether oxygens (including phenoxy) is 2. The summed E-state index contributed by atoms with van der Waals surface area (Å²) in [7, 11) is 1.65. The van der Waals surface area contributed by atoms with E-state index in [0.29, 0.717) is 25.6 Å². The van der Waals surface area contributed by atoms with Crippen molar-refractivity contribution < 1.29 is 14.0 Å². The van der Waals surface area contributed by atoms with Crippen LogP contribution in [-0.2, 0) is 13.1 Å². The van der Waals surface area contributed by atoms with Crippen LogP contribution in [0.2, 0.25) is 5.02 Å². The molecule has 0 amide bonds. The van der Waals surface area contributed by atoms with Crippen molar-refractivity contribution in [3.8, 4) is 11.5 Å². The molecule has 0 saturated heterocycles. The number of hydrogen-bond acceptors (Lipinski definition) is 3. The monoisotopic (exact) mass is 408 g/mol. The summed E-state index contributed by atoms with van der Waals surface area (Å²) in [4.78, 5) is 0. The second kappa shape index (κ2) is 8.45. The number of nitrogens with zero attached hydrogens (tertiary/aromatic N) is 2. The van der Waals surface area contributed by atoms with Crippen LogP contribution in [0, 0.1) is 0 Å². The third-order valence-corrected chi connectivity index (χ3v) is 5.17. The minimum Gasteiger partial charge on any atom is -0.497 e. The van der Waals surface area contributed by atoms with Gasteiger partial charge in [-0.25, -0.2) is 9.13 Å². The maximum atomic E-state index is 6.54. The van der Waals surface area contributed by atoms with Crippen LogP contribution in [-0.4, -0.2) is 18.3 Å². The zero-order chi connectivity index (χ0) is 20.2. The maximum Gasteiger partial charge on any atom is 0.356 e. The molecule has 3 aromatic carbocycles. The molecule has 6 heteroatoms. The van der Waals surface area contributed by atoms with Gasteiger partial charge in [-0.3, -0.25) is 5.73 Å². The molecule has 29 heavy (non-hydrogen) atoms. The molecule has 148 valence electrons. The number of benzene rings is 3. The number of nitrogens with two attached hydrogens (primary N) is 1. The number of hydrogen-bond donors (Lipinski definition) is 1. The first-order valence-electron chi connectivity index (χ1n) is 9.43. The van der Waals surface area contributed by atoms with Gasteiger partial charge in [0.05, 0.1) is 13.7 Å². The summed E-state index contributed by atoms with van der Waals surface area (Å²) in [5.41, 5.74) is 9.85. The second-order valence-corrected chi connectivity index (χ2v) is 7.17. The number of para-hydroxylation sites is 2. The first kappa shape index (κ1) is 19.2. The predicted octanol–water partition coefficient (Wildman–Crippen LogP) is 4.30. The van der Waals surface area contributed by atoms with E-state index in [2.05, 4.69) is 21.3 Å². The average molecular weight is 409 g/mol. The lowest BCUT2D eigenvalue weighted by atomic mass is 10.2. The normalized spacial score (nSPS) is 11.0. The highest BCUT2D eigenvalue weighted by atomic mass is 35.5. The van der Waals surface area contributed by atoms with Crippen molar-refractivity contribution in [3.63, 3.8) is 0 Å². The first-order valence-corrected chi connectivity index (χ1v) is 9.81. The van der Waals surface area contributed by atoms with Crippen LogP contribution in [0.3, 0.4) is 0 Å². The van der Waals surface area contributed by atoms with E-state index >= 15 is 0 Å². The van der Waals surface area contributed by atoms with Gasteiger partial charge in [0.25, 0.3) is 0 Å². The van der Waals surface area contributed by atoms with Gasteiger partial charge in [-0.1, -0.05) is 35.9 Å². The van der Waals surface area contributed by atoms with Gasteiger partial charge in [0.1, 0.15) is 35.7 Å². The van der Waals surface area contributed by atoms with Crippen molar-refractivity contribution in [1.82, 2.24) is 4.57 Å². The average Bonchev–Trinajstić information content (AvgIpc) is 3.02. The Morgan fingerprint density at radius 1 is 0.931 bits per heavy atom. The Labute approximate surface area is 174 Å². The summed E-state index contributed by atoms with van der Waals surface area (Å²) in [6.07, 6.45) is 0. The van der Waals surface area contributed by atoms with Gasteiger partial charge >= 0.3 is 5.95 Å². The highest BCUT2D eigenvalue weighted by Gasteiger charge is 2.20. The van der Waals surface area contributed by atoms with Crippen molar-refractivity contribution >= 4 is 28.6 Å². The zero-order valence-corrected chi connectivity index (χ0v) is 17.0. The van der Waals surface area contributed by atoms with Crippen molar-refractivity contribution in [3.05, 3.63) is 83.4 Å². The Balaban J connectivity index is 1.55. The smallest absolute Gasteiger partial charge is 0.356 e. The fourth-order valence-electron chi connectivity index (χ4n) is 3.41. The van der Waals surface area contributed by atoms with Gasteiger partial charge in [-0.2, -0.15) is 0 Å². The van der Waals surface area contributed by atoms with Gasteiger partial charge in [0.2, 0.25) is 0 Å². The molecule has 0 radical (unpaired) electrons. The molecule has 0 fully saturated rings. The Morgan fingerprint density at radius 3 is 2.34 bits per heavy atom. The summed E-state index contributed by atoms with van der Waals surface area (Å²) >= 11 is 6.01. The van der Waals surface area contributed by atoms with Crippen molar-refractivity contribution in [2.45, 2.75) is 13.1 Å². The maximum absolute atomic E-state index is 6.54. The van der Waals surface area contributed by atoms with E-state index in [1.54, 1.807) is 7.11 Å². The number of aromatic nitrogens is 2. The lowest BCUT2D eigenvalue weighted by molar-refractivity contribution is -0.648. The van der Waals surface area contributed by atoms with Crippen LogP contribution in [0.25, 0.3) is 11.0 Å². The number of nitrogen functional groups attached to an aromatic ring is 1. The number of methoxy groups -OCH3 is 1. The molecule has 5 nitrogen and oxygen atoms in total. The molecule has 0 unspecified atom stereocenters. The molecule has 4 aromatic rings. The van der Waals surface area contributed by atoms with Gasteiger partial charge in [-0.15, -0.1) is 0 Å². The minimum atomic E-state index is 0.510. The van der Waals surface area contributed by atoms with Crippen LogP contribution in [0.5, 0.6) is 11.5 Å². The molecule has 0 aliphatic carbocycles. The number of anilines is 1. The van der Waals surface area contributed by atoms with E-state index in [4.69, 9.17) is 26.8 Å². The van der Waals surface area contributed by atoms with Gasteiger partial charge in [0, 0.05) is 5.02 Å². The SMILES string of the molecule is COc1ccc(OCCn2c(N)[n+](Cc3ccc(Cl)cc3)c3ccccc32)cc1. The lowest BCUT2D eigenvalue weighted by Gasteiger charge is -2.07. The third-order valence-electron chi connectivity index (χ3n) is 4.91. The molecule has 0 bridgehead atoms. The van der Waals surface area contributed by atoms with E-state index in [0.717, 1.165) is 33.1 Å². The Hall–Kier alpha value is -3.18. The molecular formula is C23H23ClN3O2+. The fourth-order valence-corrected chi connectivity index (χ4v) is 3.54. The van der Waals surface area contributed by atoms with E-state index in [1.807, 2.05) is 60.7 Å². The first-order chi connectivity index (χ1) is 14.2.